The maximum atomic E-state index is 13.7. The number of benzene rings is 2. The van der Waals surface area contributed by atoms with E-state index in [9.17, 15) is 18.0 Å². The van der Waals surface area contributed by atoms with E-state index >= 15 is 0 Å². The van der Waals surface area contributed by atoms with E-state index in [0.717, 1.165) is 24.3 Å². The number of carboxylic acids is 1. The van der Waals surface area contributed by atoms with Gasteiger partial charge in [0.2, 0.25) is 0 Å². The highest BCUT2D eigenvalue weighted by atomic mass is 79.9. The van der Waals surface area contributed by atoms with Crippen LogP contribution in [-0.4, -0.2) is 11.1 Å². The molecule has 2 N–H and O–H groups in total. The monoisotopic (exact) mass is 345 g/mol. The molecule has 0 atom stereocenters. The van der Waals surface area contributed by atoms with Gasteiger partial charge >= 0.3 is 5.97 Å². The number of rotatable bonds is 3. The second-order valence-corrected chi connectivity index (χ2v) is 4.69. The normalized spacial score (nSPS) is 10.4. The lowest BCUT2D eigenvalue weighted by Crippen LogP contribution is -2.06. The molecule has 0 fully saturated rings. The van der Waals surface area contributed by atoms with Gasteiger partial charge in [-0.2, -0.15) is 0 Å². The maximum Gasteiger partial charge on any atom is 0.337 e. The highest BCUT2D eigenvalue weighted by molar-refractivity contribution is 9.10. The number of halogens is 4. The fraction of sp³-hybridized carbons (Fsp3) is 0. The van der Waals surface area contributed by atoms with Crippen LogP contribution in [0, 0.1) is 17.5 Å². The molecule has 0 aliphatic carbocycles. The molecule has 0 saturated carbocycles. The largest absolute Gasteiger partial charge is 0.478 e. The minimum atomic E-state index is -1.38. The molecule has 104 valence electrons. The van der Waals surface area contributed by atoms with Crippen LogP contribution in [0.25, 0.3) is 0 Å². The van der Waals surface area contributed by atoms with Crippen molar-refractivity contribution in [2.75, 3.05) is 5.32 Å². The molecule has 0 amide bonds. The molecule has 0 radical (unpaired) electrons. The summed E-state index contributed by atoms with van der Waals surface area (Å²) in [7, 11) is 0. The molecule has 0 aliphatic heterocycles. The van der Waals surface area contributed by atoms with Crippen LogP contribution in [0.5, 0.6) is 0 Å². The van der Waals surface area contributed by atoms with Crippen molar-refractivity contribution < 1.29 is 23.1 Å². The van der Waals surface area contributed by atoms with Crippen molar-refractivity contribution in [3.05, 3.63) is 57.8 Å². The summed E-state index contributed by atoms with van der Waals surface area (Å²) in [5.41, 5.74) is -1.17. The van der Waals surface area contributed by atoms with E-state index in [-0.39, 0.29) is 15.7 Å². The lowest BCUT2D eigenvalue weighted by molar-refractivity contribution is 0.0697. The lowest BCUT2D eigenvalue weighted by Gasteiger charge is -2.12. The average Bonchev–Trinajstić information content (AvgIpc) is 2.37. The van der Waals surface area contributed by atoms with E-state index in [0.29, 0.717) is 0 Å². The standard InChI is InChI=1S/C13H7BrF3NO2/c14-7-4-10(17)11(5-9(7)16)18-12-6(13(19)20)2-1-3-8(12)15/h1-5,18H,(H,19,20). The SMILES string of the molecule is O=C(O)c1cccc(F)c1Nc1cc(F)c(Br)cc1F. The number of hydrogen-bond donors (Lipinski definition) is 2. The zero-order valence-corrected chi connectivity index (χ0v) is 11.3. The van der Waals surface area contributed by atoms with Crippen molar-refractivity contribution in [1.82, 2.24) is 0 Å². The minimum absolute atomic E-state index is 0.0902. The highest BCUT2D eigenvalue weighted by Gasteiger charge is 2.16. The second kappa shape index (κ2) is 5.54. The Bertz CT molecular complexity index is 692. The molecule has 0 heterocycles. The number of anilines is 2. The van der Waals surface area contributed by atoms with Gasteiger partial charge in [-0.1, -0.05) is 6.07 Å². The molecule has 0 aromatic heterocycles. The highest BCUT2D eigenvalue weighted by Crippen LogP contribution is 2.29. The molecule has 0 aliphatic rings. The lowest BCUT2D eigenvalue weighted by atomic mass is 10.1. The van der Waals surface area contributed by atoms with Gasteiger partial charge in [-0.3, -0.25) is 0 Å². The summed E-state index contributed by atoms with van der Waals surface area (Å²) in [6.45, 7) is 0. The fourth-order valence-electron chi connectivity index (χ4n) is 1.58. The van der Waals surface area contributed by atoms with Crippen molar-refractivity contribution in [3.63, 3.8) is 0 Å². The summed E-state index contributed by atoms with van der Waals surface area (Å²) in [5, 5.41) is 11.2. The van der Waals surface area contributed by atoms with Crippen LogP contribution in [0.15, 0.2) is 34.8 Å². The quantitative estimate of drug-likeness (QED) is 0.815. The van der Waals surface area contributed by atoms with Gasteiger partial charge in [0.15, 0.2) is 0 Å². The zero-order chi connectivity index (χ0) is 14.9. The van der Waals surface area contributed by atoms with Crippen LogP contribution < -0.4 is 5.32 Å². The third kappa shape index (κ3) is 2.77. The predicted molar refractivity (Wildman–Crippen MR) is 70.7 cm³/mol. The van der Waals surface area contributed by atoms with E-state index in [1.54, 1.807) is 0 Å². The van der Waals surface area contributed by atoms with Crippen molar-refractivity contribution in [2.24, 2.45) is 0 Å². The van der Waals surface area contributed by atoms with Crippen LogP contribution >= 0.6 is 15.9 Å². The molecular weight excluding hydrogens is 339 g/mol. The Morgan fingerprint density at radius 3 is 2.45 bits per heavy atom. The summed E-state index contributed by atoms with van der Waals surface area (Å²) in [5.74, 6) is -3.88. The Kier molecular flexibility index (Phi) is 3.99. The fourth-order valence-corrected chi connectivity index (χ4v) is 1.90. The minimum Gasteiger partial charge on any atom is -0.478 e. The summed E-state index contributed by atoms with van der Waals surface area (Å²) in [6, 6.07) is 5.04. The first-order valence-electron chi connectivity index (χ1n) is 5.33. The van der Waals surface area contributed by atoms with Crippen LogP contribution in [0.3, 0.4) is 0 Å². The Morgan fingerprint density at radius 1 is 1.10 bits per heavy atom. The molecule has 3 nitrogen and oxygen atoms in total. The van der Waals surface area contributed by atoms with Gasteiger partial charge < -0.3 is 10.4 Å². The molecule has 2 aromatic carbocycles. The van der Waals surface area contributed by atoms with Crippen molar-refractivity contribution >= 4 is 33.3 Å². The van der Waals surface area contributed by atoms with Gasteiger partial charge in [0.1, 0.15) is 17.5 Å². The van der Waals surface area contributed by atoms with Crippen LogP contribution in [-0.2, 0) is 0 Å². The molecule has 0 saturated heterocycles. The van der Waals surface area contributed by atoms with Crippen LogP contribution in [0.4, 0.5) is 24.5 Å². The third-order valence-corrected chi connectivity index (χ3v) is 3.12. The van der Waals surface area contributed by atoms with Gasteiger partial charge in [-0.05, 0) is 34.1 Å². The van der Waals surface area contributed by atoms with E-state index < -0.39 is 29.1 Å². The summed E-state index contributed by atoms with van der Waals surface area (Å²) < 4.78 is 40.6. The number of nitrogens with one attached hydrogen (secondary N) is 1. The number of carbonyl (C=O) groups is 1. The number of aromatic carboxylic acids is 1. The van der Waals surface area contributed by atoms with Gasteiger partial charge in [0, 0.05) is 6.07 Å². The van der Waals surface area contributed by atoms with E-state index in [1.807, 2.05) is 0 Å². The number of para-hydroxylation sites is 1. The van der Waals surface area contributed by atoms with E-state index in [4.69, 9.17) is 5.11 Å². The van der Waals surface area contributed by atoms with E-state index in [1.165, 1.54) is 6.07 Å². The van der Waals surface area contributed by atoms with Crippen molar-refractivity contribution in [2.45, 2.75) is 0 Å². The van der Waals surface area contributed by atoms with Crippen molar-refractivity contribution in [3.8, 4) is 0 Å². The van der Waals surface area contributed by atoms with Crippen LogP contribution in [0.1, 0.15) is 10.4 Å². The molecule has 20 heavy (non-hydrogen) atoms. The molecule has 0 unspecified atom stereocenters. The first-order chi connectivity index (χ1) is 9.40. The van der Waals surface area contributed by atoms with Gasteiger partial charge in [0.05, 0.1) is 21.4 Å². The molecule has 2 aromatic rings. The Morgan fingerprint density at radius 2 is 1.80 bits per heavy atom. The summed E-state index contributed by atoms with van der Waals surface area (Å²) in [6.07, 6.45) is 0. The van der Waals surface area contributed by atoms with E-state index in [2.05, 4.69) is 21.2 Å². The molecule has 0 bridgehead atoms. The van der Waals surface area contributed by atoms with Crippen LogP contribution in [0.2, 0.25) is 0 Å². The Hall–Kier alpha value is -2.02. The van der Waals surface area contributed by atoms with Gasteiger partial charge in [-0.15, -0.1) is 0 Å². The Labute approximate surface area is 120 Å². The third-order valence-electron chi connectivity index (χ3n) is 2.51. The van der Waals surface area contributed by atoms with Gasteiger partial charge in [0.25, 0.3) is 0 Å². The van der Waals surface area contributed by atoms with Gasteiger partial charge in [-0.25, -0.2) is 18.0 Å². The molecule has 2 rings (SSSR count). The topological polar surface area (TPSA) is 49.3 Å². The summed E-state index contributed by atoms with van der Waals surface area (Å²) >= 11 is 2.81. The summed E-state index contributed by atoms with van der Waals surface area (Å²) in [4.78, 5) is 11.0. The number of hydrogen-bond acceptors (Lipinski definition) is 2. The first kappa shape index (κ1) is 14.4. The maximum absolute atomic E-state index is 13.7. The second-order valence-electron chi connectivity index (χ2n) is 3.84. The molecule has 0 spiro atoms. The zero-order valence-electron chi connectivity index (χ0n) is 9.75. The van der Waals surface area contributed by atoms with Crippen molar-refractivity contribution in [1.29, 1.82) is 0 Å². The molecular formula is C13H7BrF3NO2. The average molecular weight is 346 g/mol. The number of carboxylic acid groups (broad SMARTS) is 1. The smallest absolute Gasteiger partial charge is 0.337 e. The Balaban J connectivity index is 2.50. The first-order valence-corrected chi connectivity index (χ1v) is 6.13. The molecule has 7 heteroatoms. The predicted octanol–water partition coefficient (Wildman–Crippen LogP) is 4.31.